The third kappa shape index (κ3) is 4.28. The van der Waals surface area contributed by atoms with Crippen molar-refractivity contribution in [1.29, 1.82) is 0 Å². The van der Waals surface area contributed by atoms with Crippen LogP contribution in [-0.4, -0.2) is 11.2 Å². The molecule has 1 nitrogen and oxygen atoms in total. The van der Waals surface area contributed by atoms with E-state index in [4.69, 9.17) is 0 Å². The van der Waals surface area contributed by atoms with E-state index in [-0.39, 0.29) is 12.0 Å². The predicted molar refractivity (Wildman–Crippen MR) is 63.3 cm³/mol. The maximum Gasteiger partial charge on any atom is 0.0630 e. The highest BCUT2D eigenvalue weighted by atomic mass is 16.3. The zero-order chi connectivity index (χ0) is 11.0. The van der Waals surface area contributed by atoms with E-state index < -0.39 is 0 Å². The van der Waals surface area contributed by atoms with Crippen molar-refractivity contribution in [3.8, 4) is 0 Å². The van der Waals surface area contributed by atoms with Crippen LogP contribution in [0.5, 0.6) is 0 Å². The molecule has 0 rings (SSSR count). The first-order valence-electron chi connectivity index (χ1n) is 6.01. The minimum absolute atomic E-state index is 0.186. The van der Waals surface area contributed by atoms with Gasteiger partial charge in [0.1, 0.15) is 0 Å². The van der Waals surface area contributed by atoms with Gasteiger partial charge in [-0.2, -0.15) is 0 Å². The van der Waals surface area contributed by atoms with E-state index in [0.29, 0.717) is 5.92 Å². The Hall–Kier alpha value is -0.300. The summed E-state index contributed by atoms with van der Waals surface area (Å²) in [5.74, 6) is 0.731. The van der Waals surface area contributed by atoms with Gasteiger partial charge >= 0.3 is 0 Å². The Labute approximate surface area is 89.2 Å². The fraction of sp³-hybridized carbons (Fsp3) is 0.846. The molecule has 3 unspecified atom stereocenters. The van der Waals surface area contributed by atoms with Gasteiger partial charge in [0.05, 0.1) is 6.10 Å². The van der Waals surface area contributed by atoms with Crippen LogP contribution in [0.3, 0.4) is 0 Å². The number of aliphatic hydroxyl groups is 1. The average Bonchev–Trinajstić information content (AvgIpc) is 2.21. The van der Waals surface area contributed by atoms with Crippen LogP contribution in [0.15, 0.2) is 12.7 Å². The predicted octanol–water partition coefficient (Wildman–Crippen LogP) is 3.78. The first-order chi connectivity index (χ1) is 6.71. The van der Waals surface area contributed by atoms with Gasteiger partial charge in [0, 0.05) is 5.92 Å². The number of unbranched alkanes of at least 4 members (excludes halogenated alkanes) is 1. The van der Waals surface area contributed by atoms with E-state index in [9.17, 15) is 5.11 Å². The van der Waals surface area contributed by atoms with Gasteiger partial charge < -0.3 is 5.11 Å². The number of aliphatic hydroxyl groups excluding tert-OH is 1. The molecule has 0 saturated carbocycles. The SMILES string of the molecule is C=CC(CC)C(O)C(CC)CCCC. The summed E-state index contributed by atoms with van der Waals surface area (Å²) in [6.07, 6.45) is 7.38. The summed E-state index contributed by atoms with van der Waals surface area (Å²) in [4.78, 5) is 0. The number of rotatable bonds is 8. The lowest BCUT2D eigenvalue weighted by molar-refractivity contribution is 0.0598. The standard InChI is InChI=1S/C13H26O/c1-5-9-10-12(8-4)13(14)11(6-2)7-3/h6,11-14H,2,5,7-10H2,1,3-4H3. The minimum atomic E-state index is -0.186. The van der Waals surface area contributed by atoms with Crippen LogP contribution in [-0.2, 0) is 0 Å². The summed E-state index contributed by atoms with van der Waals surface area (Å²) in [7, 11) is 0. The zero-order valence-electron chi connectivity index (χ0n) is 10.00. The smallest absolute Gasteiger partial charge is 0.0630 e. The Bertz CT molecular complexity index is 142. The van der Waals surface area contributed by atoms with Crippen LogP contribution in [0, 0.1) is 11.8 Å². The van der Waals surface area contributed by atoms with Crippen molar-refractivity contribution in [2.45, 2.75) is 59.0 Å². The van der Waals surface area contributed by atoms with E-state index in [2.05, 4.69) is 27.4 Å². The lowest BCUT2D eigenvalue weighted by Crippen LogP contribution is -2.27. The number of hydrogen-bond acceptors (Lipinski definition) is 1. The Kier molecular flexibility index (Phi) is 7.87. The van der Waals surface area contributed by atoms with Gasteiger partial charge in [-0.05, 0) is 18.8 Å². The fourth-order valence-electron chi connectivity index (χ4n) is 1.98. The second-order valence-electron chi connectivity index (χ2n) is 4.11. The van der Waals surface area contributed by atoms with Crippen molar-refractivity contribution >= 4 is 0 Å². The highest BCUT2D eigenvalue weighted by Crippen LogP contribution is 2.24. The van der Waals surface area contributed by atoms with Crippen molar-refractivity contribution in [1.82, 2.24) is 0 Å². The maximum absolute atomic E-state index is 10.1. The third-order valence-corrected chi connectivity index (χ3v) is 3.15. The molecule has 0 bridgehead atoms. The molecule has 0 heterocycles. The summed E-state index contributed by atoms with van der Waals surface area (Å²) < 4.78 is 0. The first-order valence-corrected chi connectivity index (χ1v) is 6.01. The monoisotopic (exact) mass is 198 g/mol. The van der Waals surface area contributed by atoms with E-state index in [0.717, 1.165) is 19.3 Å². The molecule has 0 saturated heterocycles. The summed E-state index contributed by atoms with van der Waals surface area (Å²) in [5, 5.41) is 10.1. The molecule has 0 fully saturated rings. The van der Waals surface area contributed by atoms with Gasteiger partial charge in [0.25, 0.3) is 0 Å². The second-order valence-corrected chi connectivity index (χ2v) is 4.11. The largest absolute Gasteiger partial charge is 0.392 e. The van der Waals surface area contributed by atoms with Crippen molar-refractivity contribution in [2.24, 2.45) is 11.8 Å². The Balaban J connectivity index is 4.12. The van der Waals surface area contributed by atoms with E-state index in [1.807, 2.05) is 6.08 Å². The Morgan fingerprint density at radius 1 is 1.21 bits per heavy atom. The van der Waals surface area contributed by atoms with Crippen molar-refractivity contribution in [3.05, 3.63) is 12.7 Å². The van der Waals surface area contributed by atoms with Gasteiger partial charge in [0.15, 0.2) is 0 Å². The molecule has 0 aliphatic heterocycles. The van der Waals surface area contributed by atoms with Crippen molar-refractivity contribution < 1.29 is 5.11 Å². The molecular formula is C13H26O. The molecule has 0 aromatic heterocycles. The topological polar surface area (TPSA) is 20.2 Å². The highest BCUT2D eigenvalue weighted by Gasteiger charge is 2.22. The van der Waals surface area contributed by atoms with Crippen molar-refractivity contribution in [2.75, 3.05) is 0 Å². The maximum atomic E-state index is 10.1. The molecule has 1 N–H and O–H groups in total. The summed E-state index contributed by atoms with van der Waals surface area (Å²) in [5.41, 5.74) is 0. The average molecular weight is 198 g/mol. The van der Waals surface area contributed by atoms with Gasteiger partial charge in [-0.1, -0.05) is 46.1 Å². The number of hydrogen-bond donors (Lipinski definition) is 1. The molecule has 0 aliphatic rings. The molecule has 0 aromatic carbocycles. The summed E-state index contributed by atoms with van der Waals surface area (Å²) in [6.45, 7) is 10.3. The van der Waals surface area contributed by atoms with Gasteiger partial charge in [-0.15, -0.1) is 6.58 Å². The van der Waals surface area contributed by atoms with Gasteiger partial charge in [0.2, 0.25) is 0 Å². The van der Waals surface area contributed by atoms with Crippen LogP contribution in [0.1, 0.15) is 52.9 Å². The van der Waals surface area contributed by atoms with Crippen LogP contribution < -0.4 is 0 Å². The zero-order valence-corrected chi connectivity index (χ0v) is 10.00. The van der Waals surface area contributed by atoms with E-state index in [1.54, 1.807) is 0 Å². The summed E-state index contributed by atoms with van der Waals surface area (Å²) in [6, 6.07) is 0. The van der Waals surface area contributed by atoms with Gasteiger partial charge in [-0.25, -0.2) is 0 Å². The van der Waals surface area contributed by atoms with Crippen molar-refractivity contribution in [3.63, 3.8) is 0 Å². The minimum Gasteiger partial charge on any atom is -0.392 e. The molecule has 14 heavy (non-hydrogen) atoms. The van der Waals surface area contributed by atoms with E-state index >= 15 is 0 Å². The molecule has 0 aromatic rings. The molecule has 3 atom stereocenters. The van der Waals surface area contributed by atoms with Crippen LogP contribution >= 0.6 is 0 Å². The lowest BCUT2D eigenvalue weighted by atomic mass is 9.84. The quantitative estimate of drug-likeness (QED) is 0.589. The summed E-state index contributed by atoms with van der Waals surface area (Å²) >= 11 is 0. The lowest BCUT2D eigenvalue weighted by Gasteiger charge is -2.26. The van der Waals surface area contributed by atoms with Gasteiger partial charge in [-0.3, -0.25) is 0 Å². The van der Waals surface area contributed by atoms with Crippen LogP contribution in [0.2, 0.25) is 0 Å². The normalized spacial score (nSPS) is 17.4. The second kappa shape index (κ2) is 8.05. The molecule has 0 radical (unpaired) electrons. The fourth-order valence-corrected chi connectivity index (χ4v) is 1.98. The molecule has 0 spiro atoms. The highest BCUT2D eigenvalue weighted by molar-refractivity contribution is 4.86. The molecule has 1 heteroatoms. The van der Waals surface area contributed by atoms with Crippen LogP contribution in [0.25, 0.3) is 0 Å². The molecular weight excluding hydrogens is 172 g/mol. The van der Waals surface area contributed by atoms with Crippen LogP contribution in [0.4, 0.5) is 0 Å². The first kappa shape index (κ1) is 13.7. The molecule has 0 aliphatic carbocycles. The third-order valence-electron chi connectivity index (χ3n) is 3.15. The molecule has 0 amide bonds. The Morgan fingerprint density at radius 3 is 2.21 bits per heavy atom. The Morgan fingerprint density at radius 2 is 1.86 bits per heavy atom. The molecule has 84 valence electrons. The van der Waals surface area contributed by atoms with E-state index in [1.165, 1.54) is 12.8 Å².